The van der Waals surface area contributed by atoms with Crippen LogP contribution in [0.1, 0.15) is 27.8 Å². The molecule has 0 amide bonds. The predicted octanol–water partition coefficient (Wildman–Crippen LogP) is 7.49. The molecule has 0 radical (unpaired) electrons. The summed E-state index contributed by atoms with van der Waals surface area (Å²) in [6.07, 6.45) is -2.71. The van der Waals surface area contributed by atoms with Crippen LogP contribution < -0.4 is 0 Å². The van der Waals surface area contributed by atoms with Crippen molar-refractivity contribution in [1.82, 2.24) is 0 Å². The summed E-state index contributed by atoms with van der Waals surface area (Å²) in [6, 6.07) is 46.1. The van der Waals surface area contributed by atoms with Gasteiger partial charge in [0.15, 0.2) is 6.10 Å². The highest BCUT2D eigenvalue weighted by atomic mass is 32.2. The first-order chi connectivity index (χ1) is 23.5. The zero-order chi connectivity index (χ0) is 33.2. The van der Waals surface area contributed by atoms with Crippen LogP contribution in [0.5, 0.6) is 0 Å². The van der Waals surface area contributed by atoms with E-state index in [9.17, 15) is 13.7 Å². The summed E-state index contributed by atoms with van der Waals surface area (Å²) >= 11 is 0. The first-order valence-electron chi connectivity index (χ1n) is 15.7. The van der Waals surface area contributed by atoms with Crippen molar-refractivity contribution < 1.29 is 27.4 Å². The first-order valence-corrected chi connectivity index (χ1v) is 17.2. The van der Waals surface area contributed by atoms with Gasteiger partial charge in [-0.15, -0.1) is 0 Å². The van der Waals surface area contributed by atoms with Gasteiger partial charge in [0, 0.05) is 5.56 Å². The molecule has 0 N–H and O–H groups in total. The van der Waals surface area contributed by atoms with Gasteiger partial charge >= 0.3 is 0 Å². The van der Waals surface area contributed by atoms with Crippen molar-refractivity contribution in [3.05, 3.63) is 178 Å². The molecule has 0 saturated carbocycles. The van der Waals surface area contributed by atoms with Gasteiger partial charge in [0.2, 0.25) is 9.84 Å². The number of hydrogen-bond acceptors (Lipinski definition) is 7. The Morgan fingerprint density at radius 2 is 1.12 bits per heavy atom. The van der Waals surface area contributed by atoms with E-state index >= 15 is 0 Å². The molecule has 6 rings (SSSR count). The number of nitrogens with zero attached hydrogens (tertiary/aromatic N) is 1. The van der Waals surface area contributed by atoms with Crippen molar-refractivity contribution >= 4 is 15.6 Å². The molecule has 0 bridgehead atoms. The zero-order valence-corrected chi connectivity index (χ0v) is 27.0. The predicted molar refractivity (Wildman–Crippen MR) is 183 cm³/mol. The molecule has 1 aliphatic rings. The maximum atomic E-state index is 14.7. The van der Waals surface area contributed by atoms with Crippen molar-refractivity contribution in [2.75, 3.05) is 6.61 Å². The van der Waals surface area contributed by atoms with Crippen LogP contribution in [0.15, 0.2) is 155 Å². The summed E-state index contributed by atoms with van der Waals surface area (Å²) < 4.78 is 55.5. The van der Waals surface area contributed by atoms with Crippen LogP contribution in [-0.2, 0) is 48.6 Å². The Morgan fingerprint density at radius 3 is 1.67 bits per heavy atom. The van der Waals surface area contributed by atoms with Gasteiger partial charge in [-0.1, -0.05) is 109 Å². The zero-order valence-electron chi connectivity index (χ0n) is 26.2. The SMILES string of the molecule is N#Cc1ccc(C2=C(S(=O)(=O)c3ccccc3)[C@@H](OCc3ccccc3)[C@H](OCc3ccccc3)[C@@H](COCc3ccccc3)O2)cc1. The van der Waals surface area contributed by atoms with Crippen LogP contribution in [0, 0.1) is 11.3 Å². The Kier molecular flexibility index (Phi) is 10.8. The van der Waals surface area contributed by atoms with E-state index in [-0.39, 0.29) is 35.4 Å². The summed E-state index contributed by atoms with van der Waals surface area (Å²) in [5.74, 6) is 0.134. The number of benzene rings is 5. The number of rotatable bonds is 13. The average molecular weight is 658 g/mol. The third-order valence-electron chi connectivity index (χ3n) is 7.99. The molecule has 48 heavy (non-hydrogen) atoms. The van der Waals surface area contributed by atoms with Crippen molar-refractivity contribution in [2.45, 2.75) is 43.0 Å². The van der Waals surface area contributed by atoms with E-state index in [1.165, 1.54) is 0 Å². The summed E-state index contributed by atoms with van der Waals surface area (Å²) in [6.45, 7) is 0.744. The van der Waals surface area contributed by atoms with Gasteiger partial charge in [-0.3, -0.25) is 0 Å². The lowest BCUT2D eigenvalue weighted by Gasteiger charge is -2.40. The molecule has 8 heteroatoms. The molecule has 5 aromatic rings. The highest BCUT2D eigenvalue weighted by Gasteiger charge is 2.47. The minimum absolute atomic E-state index is 0.0493. The Morgan fingerprint density at radius 1 is 0.625 bits per heavy atom. The van der Waals surface area contributed by atoms with Gasteiger partial charge in [-0.25, -0.2) is 8.42 Å². The van der Waals surface area contributed by atoms with E-state index in [0.29, 0.717) is 17.7 Å². The van der Waals surface area contributed by atoms with Crippen molar-refractivity contribution in [1.29, 1.82) is 5.26 Å². The number of sulfone groups is 1. The average Bonchev–Trinajstić information content (AvgIpc) is 3.14. The third-order valence-corrected chi connectivity index (χ3v) is 9.88. The van der Waals surface area contributed by atoms with Crippen LogP contribution >= 0.6 is 0 Å². The van der Waals surface area contributed by atoms with Crippen molar-refractivity contribution in [3.63, 3.8) is 0 Å². The van der Waals surface area contributed by atoms with E-state index in [4.69, 9.17) is 18.9 Å². The molecule has 0 aromatic heterocycles. The van der Waals surface area contributed by atoms with E-state index in [1.54, 1.807) is 54.6 Å². The summed E-state index contributed by atoms with van der Waals surface area (Å²) in [4.78, 5) is 0.0513. The Balaban J connectivity index is 1.47. The van der Waals surface area contributed by atoms with Gasteiger partial charge < -0.3 is 18.9 Å². The number of ether oxygens (including phenoxy) is 4. The van der Waals surface area contributed by atoms with Crippen molar-refractivity contribution in [3.8, 4) is 6.07 Å². The molecule has 0 spiro atoms. The van der Waals surface area contributed by atoms with Gasteiger partial charge in [0.1, 0.15) is 22.9 Å². The van der Waals surface area contributed by atoms with Gasteiger partial charge in [-0.05, 0) is 53.1 Å². The van der Waals surface area contributed by atoms with E-state index < -0.39 is 28.1 Å². The molecule has 5 aromatic carbocycles. The van der Waals surface area contributed by atoms with Crippen molar-refractivity contribution in [2.24, 2.45) is 0 Å². The minimum Gasteiger partial charge on any atom is -0.483 e. The second kappa shape index (κ2) is 15.7. The lowest BCUT2D eigenvalue weighted by molar-refractivity contribution is -0.143. The molecule has 7 nitrogen and oxygen atoms in total. The fraction of sp³-hybridized carbons (Fsp3) is 0.175. The van der Waals surface area contributed by atoms with Gasteiger partial charge in [0.25, 0.3) is 0 Å². The van der Waals surface area contributed by atoms with Gasteiger partial charge in [-0.2, -0.15) is 5.26 Å². The van der Waals surface area contributed by atoms with E-state index in [2.05, 4.69) is 6.07 Å². The fourth-order valence-electron chi connectivity index (χ4n) is 5.55. The summed E-state index contributed by atoms with van der Waals surface area (Å²) in [5, 5.41) is 9.47. The maximum Gasteiger partial charge on any atom is 0.209 e. The third kappa shape index (κ3) is 7.91. The fourth-order valence-corrected chi connectivity index (χ4v) is 7.23. The Labute approximate surface area is 281 Å². The van der Waals surface area contributed by atoms with Crippen LogP contribution in [-0.4, -0.2) is 33.3 Å². The largest absolute Gasteiger partial charge is 0.483 e. The standard InChI is InChI=1S/C40H35NO6S/c41-25-30-21-23-34(24-22-30)37-40(48(42,43)35-19-11-4-12-20-35)39(46-28-33-17-9-3-10-18-33)38(45-27-32-15-7-2-8-16-32)36(47-37)29-44-26-31-13-5-1-6-14-31/h1-24,36,38-39H,26-29H2/t36-,38-,39+/m1/s1. The highest BCUT2D eigenvalue weighted by Crippen LogP contribution is 2.41. The van der Waals surface area contributed by atoms with Crippen LogP contribution in [0.2, 0.25) is 0 Å². The molecule has 0 fully saturated rings. The number of hydrogen-bond donors (Lipinski definition) is 0. The smallest absolute Gasteiger partial charge is 0.209 e. The van der Waals surface area contributed by atoms with Crippen LogP contribution in [0.25, 0.3) is 5.76 Å². The lowest BCUT2D eigenvalue weighted by Crippen LogP contribution is -2.50. The molecule has 0 saturated heterocycles. The quantitative estimate of drug-likeness (QED) is 0.130. The molecule has 0 aliphatic carbocycles. The molecule has 3 atom stereocenters. The van der Waals surface area contributed by atoms with E-state index in [0.717, 1.165) is 16.7 Å². The number of nitriles is 1. The first kappa shape index (κ1) is 32.9. The van der Waals surface area contributed by atoms with Gasteiger partial charge in [0.05, 0.1) is 43.0 Å². The summed E-state index contributed by atoms with van der Waals surface area (Å²) in [5.41, 5.74) is 3.71. The molecule has 1 aliphatic heterocycles. The normalized spacial score (nSPS) is 17.8. The lowest BCUT2D eigenvalue weighted by atomic mass is 10.00. The Bertz CT molecular complexity index is 1940. The van der Waals surface area contributed by atoms with E-state index in [1.807, 2.05) is 91.0 Å². The van der Waals surface area contributed by atoms with Crippen LogP contribution in [0.4, 0.5) is 0 Å². The maximum absolute atomic E-state index is 14.7. The second-order valence-corrected chi connectivity index (χ2v) is 13.3. The molecular formula is C40H35NO6S. The molecule has 0 unspecified atom stereocenters. The molecule has 242 valence electrons. The highest BCUT2D eigenvalue weighted by molar-refractivity contribution is 7.95. The molecular weight excluding hydrogens is 623 g/mol. The molecule has 1 heterocycles. The minimum atomic E-state index is -4.19. The topological polar surface area (TPSA) is 94.9 Å². The monoisotopic (exact) mass is 657 g/mol. The Hall–Kier alpha value is -5.04. The van der Waals surface area contributed by atoms with Crippen LogP contribution in [0.3, 0.4) is 0 Å². The summed E-state index contributed by atoms with van der Waals surface area (Å²) in [7, 11) is -4.19. The second-order valence-electron chi connectivity index (χ2n) is 11.3.